The quantitative estimate of drug-likeness (QED) is 0.724. The molecule has 2 N–H and O–H groups in total. The van der Waals surface area contributed by atoms with Gasteiger partial charge < -0.3 is 15.2 Å². The number of anilines is 1. The van der Waals surface area contributed by atoms with Crippen LogP contribution in [0.5, 0.6) is 0 Å². The zero-order valence-electron chi connectivity index (χ0n) is 12.5. The highest BCUT2D eigenvalue weighted by molar-refractivity contribution is 5.76. The zero-order valence-corrected chi connectivity index (χ0v) is 12.5. The van der Waals surface area contributed by atoms with Gasteiger partial charge >= 0.3 is 0 Å². The van der Waals surface area contributed by atoms with E-state index in [0.29, 0.717) is 31.9 Å². The molecule has 8 heteroatoms. The molecule has 2 aromatic rings. The first-order chi connectivity index (χ1) is 10.1. The maximum atomic E-state index is 11.8. The van der Waals surface area contributed by atoms with E-state index in [1.807, 2.05) is 13.8 Å². The summed E-state index contributed by atoms with van der Waals surface area (Å²) in [5.74, 6) is 1.47. The molecular formula is C13H20N6O2. The smallest absolute Gasteiger partial charge is 0.220 e. The Labute approximate surface area is 122 Å². The van der Waals surface area contributed by atoms with Crippen molar-refractivity contribution in [1.82, 2.24) is 25.2 Å². The number of aromatic nitrogens is 4. The molecule has 0 aliphatic carbocycles. The third-order valence-corrected chi connectivity index (χ3v) is 3.22. The lowest BCUT2D eigenvalue weighted by atomic mass is 10.1. The molecule has 0 fully saturated rings. The van der Waals surface area contributed by atoms with Crippen LogP contribution in [-0.4, -0.2) is 38.9 Å². The highest BCUT2D eigenvalue weighted by atomic mass is 16.5. The average molecular weight is 292 g/mol. The van der Waals surface area contributed by atoms with E-state index in [2.05, 4.69) is 25.9 Å². The van der Waals surface area contributed by atoms with E-state index in [-0.39, 0.29) is 5.91 Å². The number of nitrogens with one attached hydrogen (secondary N) is 2. The topological polar surface area (TPSA) is 97.9 Å². The van der Waals surface area contributed by atoms with Crippen molar-refractivity contribution in [2.45, 2.75) is 26.7 Å². The van der Waals surface area contributed by atoms with Gasteiger partial charge in [-0.2, -0.15) is 10.1 Å². The molecule has 0 bridgehead atoms. The van der Waals surface area contributed by atoms with Gasteiger partial charge in [-0.1, -0.05) is 5.16 Å². The molecule has 0 aromatic carbocycles. The summed E-state index contributed by atoms with van der Waals surface area (Å²) >= 11 is 0. The molecule has 8 nitrogen and oxygen atoms in total. The second kappa shape index (κ2) is 6.87. The minimum absolute atomic E-state index is 0.00904. The lowest BCUT2D eigenvalue weighted by Crippen LogP contribution is -2.29. The molecule has 0 atom stereocenters. The normalized spacial score (nSPS) is 10.6. The lowest BCUT2D eigenvalue weighted by Gasteiger charge is -2.07. The number of nitrogens with zero attached hydrogens (tertiary/aromatic N) is 4. The minimum atomic E-state index is 0.00904. The van der Waals surface area contributed by atoms with Gasteiger partial charge in [-0.05, 0) is 20.3 Å². The SMILES string of the molecule is Cc1noc(C)c1CCC(=O)NCCNc1ncnn1C. The van der Waals surface area contributed by atoms with Crippen molar-refractivity contribution in [3.63, 3.8) is 0 Å². The molecule has 0 spiro atoms. The van der Waals surface area contributed by atoms with Gasteiger partial charge in [0.25, 0.3) is 0 Å². The third kappa shape index (κ3) is 4.04. The number of amides is 1. The Hall–Kier alpha value is -2.38. The number of aryl methyl sites for hydroxylation is 3. The molecule has 2 aromatic heterocycles. The number of carbonyl (C=O) groups excluding carboxylic acids is 1. The van der Waals surface area contributed by atoms with Crippen molar-refractivity contribution < 1.29 is 9.32 Å². The molecule has 0 unspecified atom stereocenters. The molecule has 0 aliphatic rings. The van der Waals surface area contributed by atoms with Gasteiger partial charge in [0.2, 0.25) is 11.9 Å². The molecule has 114 valence electrons. The summed E-state index contributed by atoms with van der Waals surface area (Å²) in [5, 5.41) is 13.8. The summed E-state index contributed by atoms with van der Waals surface area (Å²) in [6.07, 6.45) is 2.54. The van der Waals surface area contributed by atoms with Gasteiger partial charge in [0.15, 0.2) is 0 Å². The maximum absolute atomic E-state index is 11.8. The monoisotopic (exact) mass is 292 g/mol. The molecular weight excluding hydrogens is 272 g/mol. The van der Waals surface area contributed by atoms with Gasteiger partial charge in [-0.15, -0.1) is 0 Å². The Morgan fingerprint density at radius 1 is 1.38 bits per heavy atom. The van der Waals surface area contributed by atoms with Crippen molar-refractivity contribution in [1.29, 1.82) is 0 Å². The van der Waals surface area contributed by atoms with Gasteiger partial charge in [-0.25, -0.2) is 4.68 Å². The highest BCUT2D eigenvalue weighted by Gasteiger charge is 2.10. The van der Waals surface area contributed by atoms with Crippen LogP contribution in [-0.2, 0) is 18.3 Å². The second-order valence-corrected chi connectivity index (χ2v) is 4.79. The van der Waals surface area contributed by atoms with Crippen molar-refractivity contribution >= 4 is 11.9 Å². The van der Waals surface area contributed by atoms with Crippen LogP contribution in [0.3, 0.4) is 0 Å². The fourth-order valence-corrected chi connectivity index (χ4v) is 2.02. The molecule has 0 saturated carbocycles. The van der Waals surface area contributed by atoms with E-state index >= 15 is 0 Å². The number of hydrogen-bond donors (Lipinski definition) is 2. The zero-order chi connectivity index (χ0) is 15.2. The van der Waals surface area contributed by atoms with Gasteiger partial charge in [0.1, 0.15) is 12.1 Å². The summed E-state index contributed by atoms with van der Waals surface area (Å²) in [7, 11) is 1.80. The van der Waals surface area contributed by atoms with Crippen molar-refractivity contribution in [3.05, 3.63) is 23.3 Å². The van der Waals surface area contributed by atoms with Crippen molar-refractivity contribution in [3.8, 4) is 0 Å². The second-order valence-electron chi connectivity index (χ2n) is 4.79. The van der Waals surface area contributed by atoms with Crippen LogP contribution >= 0.6 is 0 Å². The molecule has 1 amide bonds. The lowest BCUT2D eigenvalue weighted by molar-refractivity contribution is -0.120. The van der Waals surface area contributed by atoms with Crippen LogP contribution in [0.15, 0.2) is 10.9 Å². The van der Waals surface area contributed by atoms with Crippen LogP contribution in [0, 0.1) is 13.8 Å². The third-order valence-electron chi connectivity index (χ3n) is 3.22. The van der Waals surface area contributed by atoms with E-state index in [1.165, 1.54) is 6.33 Å². The Morgan fingerprint density at radius 2 is 2.19 bits per heavy atom. The fourth-order valence-electron chi connectivity index (χ4n) is 2.02. The Morgan fingerprint density at radius 3 is 2.81 bits per heavy atom. The first kappa shape index (κ1) is 15.0. The van der Waals surface area contributed by atoms with Gasteiger partial charge in [-0.3, -0.25) is 4.79 Å². The van der Waals surface area contributed by atoms with Crippen molar-refractivity contribution in [2.75, 3.05) is 18.4 Å². The van der Waals surface area contributed by atoms with E-state index in [9.17, 15) is 4.79 Å². The van der Waals surface area contributed by atoms with Crippen LogP contribution in [0.1, 0.15) is 23.4 Å². The first-order valence-corrected chi connectivity index (χ1v) is 6.84. The highest BCUT2D eigenvalue weighted by Crippen LogP contribution is 2.13. The largest absolute Gasteiger partial charge is 0.361 e. The molecule has 21 heavy (non-hydrogen) atoms. The maximum Gasteiger partial charge on any atom is 0.220 e. The molecule has 2 rings (SSSR count). The molecule has 0 radical (unpaired) electrons. The van der Waals surface area contributed by atoms with Crippen LogP contribution < -0.4 is 10.6 Å². The van der Waals surface area contributed by atoms with Crippen LogP contribution in [0.2, 0.25) is 0 Å². The Kier molecular flexibility index (Phi) is 4.91. The molecule has 0 aliphatic heterocycles. The van der Waals surface area contributed by atoms with E-state index < -0.39 is 0 Å². The predicted molar refractivity (Wildman–Crippen MR) is 76.8 cm³/mol. The van der Waals surface area contributed by atoms with Gasteiger partial charge in [0, 0.05) is 32.1 Å². The minimum Gasteiger partial charge on any atom is -0.361 e. The Bertz CT molecular complexity index is 584. The van der Waals surface area contributed by atoms with Crippen molar-refractivity contribution in [2.24, 2.45) is 7.05 Å². The van der Waals surface area contributed by atoms with E-state index in [1.54, 1.807) is 11.7 Å². The van der Waals surface area contributed by atoms with Crippen LogP contribution in [0.25, 0.3) is 0 Å². The predicted octanol–water partition coefficient (Wildman–Crippen LogP) is 0.581. The summed E-state index contributed by atoms with van der Waals surface area (Å²) in [6, 6.07) is 0. The first-order valence-electron chi connectivity index (χ1n) is 6.84. The number of hydrogen-bond acceptors (Lipinski definition) is 6. The molecule has 2 heterocycles. The van der Waals surface area contributed by atoms with E-state index in [4.69, 9.17) is 4.52 Å². The Balaban J connectivity index is 1.65. The van der Waals surface area contributed by atoms with Gasteiger partial charge in [0.05, 0.1) is 5.69 Å². The summed E-state index contributed by atoms with van der Waals surface area (Å²) in [5.41, 5.74) is 1.87. The average Bonchev–Trinajstić information content (AvgIpc) is 3.00. The number of carbonyl (C=O) groups is 1. The molecule has 0 saturated heterocycles. The number of rotatable bonds is 7. The van der Waals surface area contributed by atoms with Crippen LogP contribution in [0.4, 0.5) is 5.95 Å². The fraction of sp³-hybridized carbons (Fsp3) is 0.538. The summed E-state index contributed by atoms with van der Waals surface area (Å²) < 4.78 is 6.71. The summed E-state index contributed by atoms with van der Waals surface area (Å²) in [6.45, 7) is 4.88. The summed E-state index contributed by atoms with van der Waals surface area (Å²) in [4.78, 5) is 15.8. The standard InChI is InChI=1S/C13H20N6O2/c1-9-11(10(2)21-18-9)4-5-12(20)14-6-7-15-13-16-8-17-19(13)3/h8H,4-7H2,1-3H3,(H,14,20)(H,15,16,17). The van der Waals surface area contributed by atoms with E-state index in [0.717, 1.165) is 17.0 Å².